The van der Waals surface area contributed by atoms with Gasteiger partial charge >= 0.3 is 5.69 Å². The lowest BCUT2D eigenvalue weighted by molar-refractivity contribution is 0.490. The van der Waals surface area contributed by atoms with E-state index in [9.17, 15) is 9.59 Å². The van der Waals surface area contributed by atoms with E-state index in [2.05, 4.69) is 15.2 Å². The Morgan fingerprint density at radius 1 is 1.08 bits per heavy atom. The van der Waals surface area contributed by atoms with Crippen LogP contribution in [0.15, 0.2) is 44.6 Å². The average Bonchev–Trinajstić information content (AvgIpc) is 3.26. The van der Waals surface area contributed by atoms with Crippen LogP contribution in [0.2, 0.25) is 5.02 Å². The van der Waals surface area contributed by atoms with E-state index < -0.39 is 11.2 Å². The van der Waals surface area contributed by atoms with Crippen LogP contribution in [0.4, 0.5) is 0 Å². The SMILES string of the molecule is Cn1c(=O)c2c(ncn2Cc2nnc(-c3ccc(Cl)cc3)o2)n(C)c1=O. The van der Waals surface area contributed by atoms with Gasteiger partial charge in [0, 0.05) is 24.7 Å². The van der Waals surface area contributed by atoms with Gasteiger partial charge in [-0.15, -0.1) is 10.2 Å². The van der Waals surface area contributed by atoms with Crippen LogP contribution in [0.3, 0.4) is 0 Å². The summed E-state index contributed by atoms with van der Waals surface area (Å²) in [4.78, 5) is 28.6. The summed E-state index contributed by atoms with van der Waals surface area (Å²) in [6.07, 6.45) is 1.47. The molecule has 0 atom stereocenters. The minimum atomic E-state index is -0.435. The number of aryl methyl sites for hydroxylation is 1. The van der Waals surface area contributed by atoms with Crippen LogP contribution in [0.1, 0.15) is 5.89 Å². The molecule has 0 aliphatic carbocycles. The highest BCUT2D eigenvalue weighted by Gasteiger charge is 2.16. The Labute approximate surface area is 151 Å². The fraction of sp³-hybridized carbons (Fsp3) is 0.188. The van der Waals surface area contributed by atoms with Gasteiger partial charge in [-0.25, -0.2) is 9.78 Å². The lowest BCUT2D eigenvalue weighted by atomic mass is 10.2. The molecule has 0 bridgehead atoms. The summed E-state index contributed by atoms with van der Waals surface area (Å²) in [7, 11) is 2.99. The van der Waals surface area contributed by atoms with Gasteiger partial charge in [0.2, 0.25) is 11.8 Å². The molecule has 0 amide bonds. The predicted octanol–water partition coefficient (Wildman–Crippen LogP) is 1.19. The van der Waals surface area contributed by atoms with Gasteiger partial charge in [-0.2, -0.15) is 0 Å². The molecule has 0 N–H and O–H groups in total. The van der Waals surface area contributed by atoms with Crippen LogP contribution < -0.4 is 11.2 Å². The van der Waals surface area contributed by atoms with Gasteiger partial charge in [0.05, 0.1) is 6.33 Å². The molecule has 0 saturated carbocycles. The number of halogens is 1. The molecule has 26 heavy (non-hydrogen) atoms. The third kappa shape index (κ3) is 2.53. The first-order valence-electron chi connectivity index (χ1n) is 7.65. The Balaban J connectivity index is 1.74. The summed E-state index contributed by atoms with van der Waals surface area (Å²) < 4.78 is 9.60. The Morgan fingerprint density at radius 3 is 2.54 bits per heavy atom. The van der Waals surface area contributed by atoms with Gasteiger partial charge in [0.1, 0.15) is 6.54 Å². The third-order valence-electron chi connectivity index (χ3n) is 4.08. The number of hydrogen-bond acceptors (Lipinski definition) is 6. The Hall–Kier alpha value is -3.20. The maximum absolute atomic E-state index is 12.4. The summed E-state index contributed by atoms with van der Waals surface area (Å²) >= 11 is 5.87. The van der Waals surface area contributed by atoms with E-state index in [1.807, 2.05) is 0 Å². The van der Waals surface area contributed by atoms with Crippen molar-refractivity contribution >= 4 is 22.8 Å². The first kappa shape index (κ1) is 16.3. The highest BCUT2D eigenvalue weighted by Crippen LogP contribution is 2.20. The smallest absolute Gasteiger partial charge is 0.332 e. The zero-order valence-corrected chi connectivity index (χ0v) is 14.6. The van der Waals surface area contributed by atoms with Crippen molar-refractivity contribution in [3.05, 3.63) is 62.3 Å². The first-order valence-corrected chi connectivity index (χ1v) is 8.02. The highest BCUT2D eigenvalue weighted by atomic mass is 35.5. The molecule has 9 nitrogen and oxygen atoms in total. The third-order valence-corrected chi connectivity index (χ3v) is 4.33. The number of benzene rings is 1. The van der Waals surface area contributed by atoms with Gasteiger partial charge in [-0.05, 0) is 24.3 Å². The minimum absolute atomic E-state index is 0.157. The standard InChI is InChI=1S/C16H13ClN6O3/c1-21-13-12(15(24)22(2)16(21)25)23(8-18-13)7-11-19-20-14(26-11)9-3-5-10(17)6-4-9/h3-6,8H,7H2,1-2H3. The van der Waals surface area contributed by atoms with Crippen LogP contribution in [0.5, 0.6) is 0 Å². The van der Waals surface area contributed by atoms with Gasteiger partial charge in [-0.3, -0.25) is 13.9 Å². The minimum Gasteiger partial charge on any atom is -0.419 e. The van der Waals surface area contributed by atoms with E-state index >= 15 is 0 Å². The Morgan fingerprint density at radius 2 is 1.81 bits per heavy atom. The van der Waals surface area contributed by atoms with Gasteiger partial charge in [-0.1, -0.05) is 11.6 Å². The van der Waals surface area contributed by atoms with E-state index in [0.717, 1.165) is 10.1 Å². The zero-order chi connectivity index (χ0) is 18.4. The summed E-state index contributed by atoms with van der Waals surface area (Å²) in [5, 5.41) is 8.64. The molecule has 3 aromatic heterocycles. The molecule has 0 radical (unpaired) electrons. The van der Waals surface area contributed by atoms with Crippen molar-refractivity contribution in [1.29, 1.82) is 0 Å². The predicted molar refractivity (Wildman–Crippen MR) is 94.1 cm³/mol. The highest BCUT2D eigenvalue weighted by molar-refractivity contribution is 6.30. The summed E-state index contributed by atoms with van der Waals surface area (Å²) in [5.74, 6) is 0.659. The van der Waals surface area contributed by atoms with Crippen molar-refractivity contribution in [2.45, 2.75) is 6.54 Å². The number of imidazole rings is 1. The molecule has 0 saturated heterocycles. The number of hydrogen-bond donors (Lipinski definition) is 0. The first-order chi connectivity index (χ1) is 12.5. The van der Waals surface area contributed by atoms with Crippen molar-refractivity contribution < 1.29 is 4.42 Å². The van der Waals surface area contributed by atoms with Gasteiger partial charge in [0.15, 0.2) is 11.2 Å². The van der Waals surface area contributed by atoms with E-state index in [0.29, 0.717) is 28.0 Å². The molecule has 4 rings (SSSR count). The zero-order valence-electron chi connectivity index (χ0n) is 13.9. The van der Waals surface area contributed by atoms with Crippen LogP contribution in [0, 0.1) is 0 Å². The van der Waals surface area contributed by atoms with Crippen LogP contribution in [0.25, 0.3) is 22.6 Å². The van der Waals surface area contributed by atoms with Crippen molar-refractivity contribution in [1.82, 2.24) is 28.9 Å². The van der Waals surface area contributed by atoms with Crippen molar-refractivity contribution in [2.24, 2.45) is 14.1 Å². The number of aromatic nitrogens is 6. The Kier molecular flexibility index (Phi) is 3.73. The van der Waals surface area contributed by atoms with Crippen molar-refractivity contribution in [3.63, 3.8) is 0 Å². The maximum Gasteiger partial charge on any atom is 0.332 e. The fourth-order valence-electron chi connectivity index (χ4n) is 2.69. The fourth-order valence-corrected chi connectivity index (χ4v) is 2.82. The molecule has 0 fully saturated rings. The molecule has 4 aromatic rings. The van der Waals surface area contributed by atoms with Crippen LogP contribution in [-0.2, 0) is 20.6 Å². The Bertz CT molecular complexity index is 1230. The van der Waals surface area contributed by atoms with Crippen LogP contribution in [-0.4, -0.2) is 28.9 Å². The molecule has 0 unspecified atom stereocenters. The molecular weight excluding hydrogens is 360 g/mol. The molecule has 1 aromatic carbocycles. The molecule has 0 aliphatic rings. The summed E-state index contributed by atoms with van der Waals surface area (Å²) in [5.41, 5.74) is 0.465. The van der Waals surface area contributed by atoms with Crippen molar-refractivity contribution in [2.75, 3.05) is 0 Å². The van der Waals surface area contributed by atoms with E-state index in [1.165, 1.54) is 17.9 Å². The quantitative estimate of drug-likeness (QED) is 0.535. The lowest BCUT2D eigenvalue weighted by Gasteiger charge is -2.04. The normalized spacial score (nSPS) is 11.3. The van der Waals surface area contributed by atoms with Crippen molar-refractivity contribution in [3.8, 4) is 11.5 Å². The van der Waals surface area contributed by atoms with E-state index in [-0.39, 0.29) is 6.54 Å². The molecule has 132 valence electrons. The van der Waals surface area contributed by atoms with E-state index in [1.54, 1.807) is 35.9 Å². The molecule has 0 spiro atoms. The second-order valence-electron chi connectivity index (χ2n) is 5.76. The second kappa shape index (κ2) is 5.95. The summed E-state index contributed by atoms with van der Waals surface area (Å²) in [6, 6.07) is 7.01. The maximum atomic E-state index is 12.4. The summed E-state index contributed by atoms with van der Waals surface area (Å²) in [6.45, 7) is 0.157. The largest absolute Gasteiger partial charge is 0.419 e. The lowest BCUT2D eigenvalue weighted by Crippen LogP contribution is -2.37. The molecular formula is C16H13ClN6O3. The molecule has 3 heterocycles. The second-order valence-corrected chi connectivity index (χ2v) is 6.19. The number of rotatable bonds is 3. The molecule has 0 aliphatic heterocycles. The monoisotopic (exact) mass is 372 g/mol. The van der Waals surface area contributed by atoms with Gasteiger partial charge < -0.3 is 8.98 Å². The number of nitrogens with zero attached hydrogens (tertiary/aromatic N) is 6. The average molecular weight is 373 g/mol. The molecule has 10 heteroatoms. The van der Waals surface area contributed by atoms with Gasteiger partial charge in [0.25, 0.3) is 5.56 Å². The topological polar surface area (TPSA) is 101 Å². The number of fused-ring (bicyclic) bond motifs is 1. The van der Waals surface area contributed by atoms with E-state index in [4.69, 9.17) is 16.0 Å². The van der Waals surface area contributed by atoms with Crippen LogP contribution >= 0.6 is 11.6 Å².